The van der Waals surface area contributed by atoms with Gasteiger partial charge in [-0.3, -0.25) is 9.69 Å². The first kappa shape index (κ1) is 30.3. The maximum Gasteiger partial charge on any atom is 0.270 e. The van der Waals surface area contributed by atoms with Crippen LogP contribution in [0.3, 0.4) is 0 Å². The number of likely N-dealkylation sites (N-methyl/N-ethyl adjacent to an activating group) is 1. The van der Waals surface area contributed by atoms with Crippen molar-refractivity contribution in [2.45, 2.75) is 45.6 Å². The van der Waals surface area contributed by atoms with Gasteiger partial charge in [0, 0.05) is 58.4 Å². The van der Waals surface area contributed by atoms with Crippen LogP contribution >= 0.6 is 0 Å². The molecule has 3 N–H and O–H groups in total. The first-order chi connectivity index (χ1) is 21.4. The number of β-amino-alcohol motifs (C(OH)–C–C–N with tert-alkyl or cyclic N) is 1. The fourth-order valence-electron chi connectivity index (χ4n) is 5.67. The van der Waals surface area contributed by atoms with Crippen molar-refractivity contribution in [3.05, 3.63) is 58.9 Å². The number of hydrogen-bond acceptors (Lipinski definition) is 12. The van der Waals surface area contributed by atoms with E-state index in [1.807, 2.05) is 13.0 Å². The number of rotatable bonds is 12. The zero-order valence-electron chi connectivity index (χ0n) is 25.5. The predicted octanol–water partition coefficient (Wildman–Crippen LogP) is 1.45. The number of anilines is 2. The molecular weight excluding hydrogens is 564 g/mol. The lowest BCUT2D eigenvalue weighted by atomic mass is 9.99. The van der Waals surface area contributed by atoms with Crippen molar-refractivity contribution in [1.82, 2.24) is 30.1 Å². The van der Waals surface area contributed by atoms with Crippen LogP contribution in [0, 0.1) is 6.92 Å². The molecule has 3 aromatic rings. The molecule has 0 saturated carbocycles. The van der Waals surface area contributed by atoms with E-state index >= 15 is 0 Å². The van der Waals surface area contributed by atoms with E-state index in [9.17, 15) is 9.90 Å². The Morgan fingerprint density at radius 3 is 2.68 bits per heavy atom. The van der Waals surface area contributed by atoms with E-state index < -0.39 is 6.10 Å². The van der Waals surface area contributed by atoms with Crippen molar-refractivity contribution in [1.29, 1.82) is 0 Å². The van der Waals surface area contributed by atoms with Gasteiger partial charge in [0.25, 0.3) is 5.91 Å². The number of aryl methyl sites for hydroxylation is 1. The highest BCUT2D eigenvalue weighted by atomic mass is 16.5. The van der Waals surface area contributed by atoms with Crippen LogP contribution in [0.5, 0.6) is 5.75 Å². The molecule has 0 radical (unpaired) electrons. The number of benzene rings is 1. The van der Waals surface area contributed by atoms with Crippen LogP contribution < -0.4 is 20.3 Å². The third-order valence-electron chi connectivity index (χ3n) is 8.49. The summed E-state index contributed by atoms with van der Waals surface area (Å²) < 4.78 is 16.6. The van der Waals surface area contributed by atoms with Crippen LogP contribution in [0.15, 0.2) is 35.1 Å². The number of nitrogens with zero attached hydrogens (tertiary/aromatic N) is 6. The van der Waals surface area contributed by atoms with Crippen LogP contribution in [-0.2, 0) is 24.3 Å². The standard InChI is InChI=1S/C31H42N8O5/c1-3-37-8-10-39(11-9-37)31-35-27(13-29(36-31)34-24-17-42-18-24)30(41)32-14-25(40)16-38-7-6-22-12-26(5-4-23(22)15-38)43-19-28-21(2)33-20-44-28/h4-5,12-13,20,24-25,40H,3,6-11,14-19H2,1-2H3,(H,32,41)(H,34,35,36)/t25-/m0/s1. The fraction of sp³-hybridized carbons (Fsp3) is 0.548. The highest BCUT2D eigenvalue weighted by Crippen LogP contribution is 2.25. The Bertz CT molecular complexity index is 1420. The molecule has 1 amide bonds. The summed E-state index contributed by atoms with van der Waals surface area (Å²) in [7, 11) is 0. The summed E-state index contributed by atoms with van der Waals surface area (Å²) in [5.74, 6) is 2.35. The van der Waals surface area contributed by atoms with Gasteiger partial charge in [-0.2, -0.15) is 4.98 Å². The molecular formula is C31H42N8O5. The summed E-state index contributed by atoms with van der Waals surface area (Å²) in [6, 6.07) is 7.97. The lowest BCUT2D eigenvalue weighted by molar-refractivity contribution is 0.0209. The van der Waals surface area contributed by atoms with Crippen molar-refractivity contribution in [3.8, 4) is 5.75 Å². The molecule has 2 aromatic heterocycles. The number of amides is 1. The quantitative estimate of drug-likeness (QED) is 0.275. The van der Waals surface area contributed by atoms with E-state index in [-0.39, 0.29) is 24.2 Å². The van der Waals surface area contributed by atoms with E-state index in [4.69, 9.17) is 18.9 Å². The minimum Gasteiger partial charge on any atom is -0.486 e. The number of piperazine rings is 1. The molecule has 13 nitrogen and oxygen atoms in total. The van der Waals surface area contributed by atoms with Crippen LogP contribution in [0.4, 0.5) is 11.8 Å². The Morgan fingerprint density at radius 1 is 1.11 bits per heavy atom. The summed E-state index contributed by atoms with van der Waals surface area (Å²) in [6.45, 7) is 12.2. The fourth-order valence-corrected chi connectivity index (χ4v) is 5.67. The van der Waals surface area contributed by atoms with E-state index in [1.165, 1.54) is 17.5 Å². The minimum absolute atomic E-state index is 0.129. The SMILES string of the molecule is CCN1CCN(c2nc(NC3COC3)cc(C(=O)NC[C@H](O)CN3CCc4cc(OCc5ocnc5C)ccc4C3)n2)CC1. The molecule has 0 spiro atoms. The van der Waals surface area contributed by atoms with Crippen molar-refractivity contribution in [2.24, 2.45) is 0 Å². The van der Waals surface area contributed by atoms with E-state index in [0.717, 1.165) is 69.4 Å². The lowest BCUT2D eigenvalue weighted by Gasteiger charge is -2.34. The number of oxazole rings is 1. The summed E-state index contributed by atoms with van der Waals surface area (Å²) in [5.41, 5.74) is 3.56. The van der Waals surface area contributed by atoms with E-state index in [1.54, 1.807) is 6.07 Å². The third kappa shape index (κ3) is 7.46. The van der Waals surface area contributed by atoms with Crippen LogP contribution in [-0.4, -0.2) is 113 Å². The molecule has 0 aliphatic carbocycles. The van der Waals surface area contributed by atoms with Crippen molar-refractivity contribution in [3.63, 3.8) is 0 Å². The highest BCUT2D eigenvalue weighted by Gasteiger charge is 2.24. The molecule has 3 aliphatic heterocycles. The third-order valence-corrected chi connectivity index (χ3v) is 8.49. The Kier molecular flexibility index (Phi) is 9.55. The minimum atomic E-state index is -0.721. The molecule has 236 valence electrons. The smallest absolute Gasteiger partial charge is 0.270 e. The molecule has 0 unspecified atom stereocenters. The molecule has 1 aromatic carbocycles. The summed E-state index contributed by atoms with van der Waals surface area (Å²) in [5, 5.41) is 17.1. The second kappa shape index (κ2) is 13.9. The highest BCUT2D eigenvalue weighted by molar-refractivity contribution is 5.93. The van der Waals surface area contributed by atoms with Gasteiger partial charge in [-0.05, 0) is 43.1 Å². The van der Waals surface area contributed by atoms with Gasteiger partial charge < -0.3 is 39.4 Å². The second-order valence-electron chi connectivity index (χ2n) is 11.7. The first-order valence-electron chi connectivity index (χ1n) is 15.5. The van der Waals surface area contributed by atoms with Gasteiger partial charge in [-0.1, -0.05) is 13.0 Å². The van der Waals surface area contributed by atoms with Crippen LogP contribution in [0.2, 0.25) is 0 Å². The van der Waals surface area contributed by atoms with E-state index in [0.29, 0.717) is 38.1 Å². The number of carbonyl (C=O) groups excluding carboxylic acids is 1. The number of aliphatic hydroxyl groups excluding tert-OH is 1. The second-order valence-corrected chi connectivity index (χ2v) is 11.7. The monoisotopic (exact) mass is 606 g/mol. The normalized spacial score (nSPS) is 18.4. The summed E-state index contributed by atoms with van der Waals surface area (Å²) in [4.78, 5) is 33.4. The lowest BCUT2D eigenvalue weighted by Crippen LogP contribution is -2.47. The van der Waals surface area contributed by atoms with Gasteiger partial charge in [0.1, 0.15) is 23.9 Å². The van der Waals surface area contributed by atoms with Gasteiger partial charge in [0.15, 0.2) is 12.2 Å². The largest absolute Gasteiger partial charge is 0.486 e. The molecule has 2 fully saturated rings. The number of aromatic nitrogens is 3. The summed E-state index contributed by atoms with van der Waals surface area (Å²) in [6.07, 6.45) is 1.56. The van der Waals surface area contributed by atoms with Gasteiger partial charge >= 0.3 is 0 Å². The van der Waals surface area contributed by atoms with Crippen LogP contribution in [0.25, 0.3) is 0 Å². The molecule has 13 heteroatoms. The van der Waals surface area contributed by atoms with Crippen molar-refractivity contribution in [2.75, 3.05) is 75.8 Å². The number of aliphatic hydroxyl groups is 1. The maximum atomic E-state index is 13.2. The molecule has 0 bridgehead atoms. The van der Waals surface area contributed by atoms with Crippen molar-refractivity contribution >= 4 is 17.7 Å². The molecule has 6 rings (SSSR count). The van der Waals surface area contributed by atoms with E-state index in [2.05, 4.69) is 54.4 Å². The summed E-state index contributed by atoms with van der Waals surface area (Å²) >= 11 is 0. The van der Waals surface area contributed by atoms with Crippen LogP contribution in [0.1, 0.15) is 40.0 Å². The van der Waals surface area contributed by atoms with Gasteiger partial charge in [-0.15, -0.1) is 0 Å². The molecule has 5 heterocycles. The molecule has 44 heavy (non-hydrogen) atoms. The average Bonchev–Trinajstić information content (AvgIpc) is 3.44. The first-order valence-corrected chi connectivity index (χ1v) is 15.5. The Morgan fingerprint density at radius 2 is 1.95 bits per heavy atom. The maximum absolute atomic E-state index is 13.2. The van der Waals surface area contributed by atoms with Gasteiger partial charge in [0.2, 0.25) is 5.95 Å². The number of fused-ring (bicyclic) bond motifs is 1. The zero-order chi connectivity index (χ0) is 30.5. The molecule has 1 atom stereocenters. The zero-order valence-corrected chi connectivity index (χ0v) is 25.5. The van der Waals surface area contributed by atoms with Gasteiger partial charge in [-0.25, -0.2) is 9.97 Å². The predicted molar refractivity (Wildman–Crippen MR) is 164 cm³/mol. The Labute approximate surface area is 257 Å². The molecule has 2 saturated heterocycles. The molecule has 3 aliphatic rings. The van der Waals surface area contributed by atoms with Gasteiger partial charge in [0.05, 0.1) is 31.1 Å². The Hall–Kier alpha value is -3.78. The average molecular weight is 607 g/mol. The topological polar surface area (TPSA) is 141 Å². The Balaban J connectivity index is 1.01. The number of nitrogens with one attached hydrogen (secondary N) is 2. The van der Waals surface area contributed by atoms with Crippen molar-refractivity contribution < 1.29 is 23.8 Å². The number of hydrogen-bond donors (Lipinski definition) is 3. The number of carbonyl (C=O) groups is 1. The number of ether oxygens (including phenoxy) is 2.